The van der Waals surface area contributed by atoms with Gasteiger partial charge >= 0.3 is 0 Å². The average molecular weight is 437 g/mol. The van der Waals surface area contributed by atoms with E-state index < -0.39 is 0 Å². The van der Waals surface area contributed by atoms with Crippen LogP contribution in [0, 0.1) is 0 Å². The molecule has 3 aromatic carbocycles. The Balaban J connectivity index is 1.47. The molecular weight excluding hydrogens is 412 g/mol. The van der Waals surface area contributed by atoms with Gasteiger partial charge in [0.1, 0.15) is 17.3 Å². The summed E-state index contributed by atoms with van der Waals surface area (Å²) >= 11 is 0. The van der Waals surface area contributed by atoms with Gasteiger partial charge in [0.05, 0.1) is 23.1 Å². The fourth-order valence-corrected chi connectivity index (χ4v) is 3.96. The van der Waals surface area contributed by atoms with Crippen molar-refractivity contribution >= 4 is 22.5 Å². The number of carbonyl (C=O) groups excluding carboxylic acids is 1. The summed E-state index contributed by atoms with van der Waals surface area (Å²) in [7, 11) is 0. The minimum Gasteiger partial charge on any atom is -0.457 e. The van der Waals surface area contributed by atoms with E-state index in [9.17, 15) is 4.79 Å². The molecule has 5 rings (SSSR count). The summed E-state index contributed by atoms with van der Waals surface area (Å²) in [6.45, 7) is 2.12. The monoisotopic (exact) mass is 436 g/mol. The molecule has 0 atom stereocenters. The Morgan fingerprint density at radius 3 is 2.61 bits per heavy atom. The van der Waals surface area contributed by atoms with Gasteiger partial charge in [0.2, 0.25) is 5.78 Å². The fraction of sp³-hybridized carbons (Fsp3) is 0.111. The van der Waals surface area contributed by atoms with Crippen molar-refractivity contribution in [3.63, 3.8) is 0 Å². The van der Waals surface area contributed by atoms with Gasteiger partial charge in [-0.15, -0.1) is 0 Å². The lowest BCUT2D eigenvalue weighted by molar-refractivity contribution is 0.103. The minimum absolute atomic E-state index is 0.187. The maximum atomic E-state index is 13.1. The van der Waals surface area contributed by atoms with Crippen LogP contribution in [0.2, 0.25) is 0 Å². The molecule has 2 aromatic heterocycles. The number of carbonyl (C=O) groups is 1. The third-order valence-corrected chi connectivity index (χ3v) is 5.60. The predicted molar refractivity (Wildman–Crippen MR) is 130 cm³/mol. The quantitative estimate of drug-likeness (QED) is 0.311. The molecule has 0 unspecified atom stereocenters. The van der Waals surface area contributed by atoms with Crippen LogP contribution in [0.1, 0.15) is 35.0 Å². The van der Waals surface area contributed by atoms with E-state index in [0.717, 1.165) is 46.5 Å². The second-order valence-electron chi connectivity index (χ2n) is 7.91. The Bertz CT molecular complexity index is 1400. The van der Waals surface area contributed by atoms with Crippen LogP contribution in [0.4, 0.5) is 5.82 Å². The first-order chi connectivity index (χ1) is 16.1. The summed E-state index contributed by atoms with van der Waals surface area (Å²) in [5.74, 6) is 1.70. The molecular formula is C27H24N4O2. The van der Waals surface area contributed by atoms with Crippen LogP contribution in [0.3, 0.4) is 0 Å². The smallest absolute Gasteiger partial charge is 0.214 e. The number of aromatic amines is 1. The van der Waals surface area contributed by atoms with Crippen molar-refractivity contribution in [2.45, 2.75) is 19.8 Å². The molecule has 6 nitrogen and oxygen atoms in total. The summed E-state index contributed by atoms with van der Waals surface area (Å²) in [6, 6.07) is 25.1. The summed E-state index contributed by atoms with van der Waals surface area (Å²) in [4.78, 5) is 16.3. The van der Waals surface area contributed by atoms with E-state index >= 15 is 0 Å². The number of ketones is 1. The molecule has 0 fully saturated rings. The Morgan fingerprint density at radius 1 is 1.03 bits per heavy atom. The number of nitrogens with two attached hydrogens (primary N) is 1. The lowest BCUT2D eigenvalue weighted by atomic mass is 10.1. The van der Waals surface area contributed by atoms with Crippen LogP contribution in [0.25, 0.3) is 16.6 Å². The van der Waals surface area contributed by atoms with Crippen molar-refractivity contribution in [3.05, 3.63) is 102 Å². The SMILES string of the molecule is CCCc1cc(-n2ncc(C(=O)c3cc4ccccc4[nH]3)c2N)ccc1Oc1ccccc1. The van der Waals surface area contributed by atoms with E-state index in [1.54, 1.807) is 4.68 Å². The van der Waals surface area contributed by atoms with Crippen LogP contribution in [0.5, 0.6) is 11.5 Å². The van der Waals surface area contributed by atoms with Crippen LogP contribution >= 0.6 is 0 Å². The first-order valence-corrected chi connectivity index (χ1v) is 11.0. The Kier molecular flexibility index (Phi) is 5.40. The molecule has 0 amide bonds. The number of nitrogens with one attached hydrogen (secondary N) is 1. The fourth-order valence-electron chi connectivity index (χ4n) is 3.96. The van der Waals surface area contributed by atoms with Gasteiger partial charge in [-0.05, 0) is 54.4 Å². The lowest BCUT2D eigenvalue weighted by Crippen LogP contribution is -2.08. The number of aromatic nitrogens is 3. The molecule has 6 heteroatoms. The highest BCUT2D eigenvalue weighted by Crippen LogP contribution is 2.30. The van der Waals surface area contributed by atoms with Crippen LogP contribution < -0.4 is 10.5 Å². The molecule has 164 valence electrons. The number of ether oxygens (including phenoxy) is 1. The largest absolute Gasteiger partial charge is 0.457 e. The van der Waals surface area contributed by atoms with Gasteiger partial charge in [-0.2, -0.15) is 5.10 Å². The molecule has 0 aliphatic rings. The third kappa shape index (κ3) is 3.99. The van der Waals surface area contributed by atoms with Crippen LogP contribution in [-0.4, -0.2) is 20.5 Å². The van der Waals surface area contributed by atoms with Gasteiger partial charge < -0.3 is 15.5 Å². The van der Waals surface area contributed by atoms with Crippen molar-refractivity contribution in [1.82, 2.24) is 14.8 Å². The number of aryl methyl sites for hydroxylation is 1. The number of benzene rings is 3. The van der Waals surface area contributed by atoms with Crippen molar-refractivity contribution in [2.75, 3.05) is 5.73 Å². The maximum Gasteiger partial charge on any atom is 0.214 e. The van der Waals surface area contributed by atoms with Gasteiger partial charge in [0.15, 0.2) is 0 Å². The van der Waals surface area contributed by atoms with Gasteiger partial charge in [-0.25, -0.2) is 4.68 Å². The zero-order chi connectivity index (χ0) is 22.8. The summed E-state index contributed by atoms with van der Waals surface area (Å²) in [5, 5.41) is 5.39. The summed E-state index contributed by atoms with van der Waals surface area (Å²) < 4.78 is 7.69. The van der Waals surface area contributed by atoms with E-state index in [0.29, 0.717) is 17.1 Å². The second-order valence-corrected chi connectivity index (χ2v) is 7.91. The van der Waals surface area contributed by atoms with E-state index in [1.807, 2.05) is 78.9 Å². The molecule has 5 aromatic rings. The Morgan fingerprint density at radius 2 is 1.82 bits per heavy atom. The first-order valence-electron chi connectivity index (χ1n) is 11.0. The number of fused-ring (bicyclic) bond motifs is 1. The number of nitrogen functional groups attached to an aromatic ring is 1. The highest BCUT2D eigenvalue weighted by Gasteiger charge is 2.20. The molecule has 33 heavy (non-hydrogen) atoms. The molecule has 2 heterocycles. The predicted octanol–water partition coefficient (Wildman–Crippen LogP) is 5.91. The molecule has 0 spiro atoms. The van der Waals surface area contributed by atoms with Gasteiger partial charge in [0.25, 0.3) is 0 Å². The molecule has 0 bridgehead atoms. The van der Waals surface area contributed by atoms with E-state index in [1.165, 1.54) is 6.20 Å². The average Bonchev–Trinajstić information content (AvgIpc) is 3.44. The zero-order valence-electron chi connectivity index (χ0n) is 18.3. The zero-order valence-corrected chi connectivity index (χ0v) is 18.3. The van der Waals surface area contributed by atoms with Crippen molar-refractivity contribution < 1.29 is 9.53 Å². The molecule has 3 N–H and O–H groups in total. The molecule has 0 aliphatic carbocycles. The molecule has 0 radical (unpaired) electrons. The number of hydrogen-bond donors (Lipinski definition) is 2. The van der Waals surface area contributed by atoms with Crippen LogP contribution in [0.15, 0.2) is 85.1 Å². The standard InChI is InChI=1S/C27H24N4O2/c1-2-8-19-15-20(13-14-25(19)33-21-10-4-3-5-11-21)31-27(28)22(17-29-31)26(32)24-16-18-9-6-7-12-23(18)30-24/h3-7,9-17,30H,2,8,28H2,1H3. The van der Waals surface area contributed by atoms with Gasteiger partial charge in [-0.1, -0.05) is 49.7 Å². The number of para-hydroxylation sites is 2. The Hall–Kier alpha value is -4.32. The number of H-pyrrole nitrogens is 1. The molecule has 0 saturated carbocycles. The van der Waals surface area contributed by atoms with Crippen molar-refractivity contribution in [2.24, 2.45) is 0 Å². The number of hydrogen-bond acceptors (Lipinski definition) is 4. The summed E-state index contributed by atoms with van der Waals surface area (Å²) in [5.41, 5.74) is 9.98. The normalized spacial score (nSPS) is 11.1. The maximum absolute atomic E-state index is 13.1. The Labute approximate surface area is 191 Å². The van der Waals surface area contributed by atoms with E-state index in [4.69, 9.17) is 10.5 Å². The summed E-state index contributed by atoms with van der Waals surface area (Å²) in [6.07, 6.45) is 3.34. The number of nitrogens with zero attached hydrogens (tertiary/aromatic N) is 2. The van der Waals surface area contributed by atoms with Crippen molar-refractivity contribution in [3.8, 4) is 17.2 Å². The topological polar surface area (TPSA) is 85.9 Å². The highest BCUT2D eigenvalue weighted by atomic mass is 16.5. The van der Waals surface area contributed by atoms with Crippen molar-refractivity contribution in [1.29, 1.82) is 0 Å². The lowest BCUT2D eigenvalue weighted by Gasteiger charge is -2.13. The van der Waals surface area contributed by atoms with Gasteiger partial charge in [-0.3, -0.25) is 4.79 Å². The number of rotatable bonds is 7. The molecule has 0 saturated heterocycles. The van der Waals surface area contributed by atoms with Gasteiger partial charge in [0, 0.05) is 10.9 Å². The molecule has 0 aliphatic heterocycles. The third-order valence-electron chi connectivity index (χ3n) is 5.60. The minimum atomic E-state index is -0.187. The number of anilines is 1. The van der Waals surface area contributed by atoms with E-state index in [2.05, 4.69) is 17.0 Å². The highest BCUT2D eigenvalue weighted by molar-refractivity contribution is 6.12. The second kappa shape index (κ2) is 8.67. The van der Waals surface area contributed by atoms with Crippen LogP contribution in [-0.2, 0) is 6.42 Å². The first kappa shape index (κ1) is 20.6. The van der Waals surface area contributed by atoms with E-state index in [-0.39, 0.29) is 5.78 Å².